The van der Waals surface area contributed by atoms with Crippen LogP contribution in [0, 0.1) is 22.7 Å². The average Bonchev–Trinajstić information content (AvgIpc) is 3.05. The first kappa shape index (κ1) is 14.9. The number of anilines is 1. The third-order valence-corrected chi connectivity index (χ3v) is 2.76. The van der Waals surface area contributed by atoms with Gasteiger partial charge in [-0.3, -0.25) is 0 Å². The lowest BCUT2D eigenvalue weighted by atomic mass is 10.1. The molecule has 1 aromatic carbocycles. The Bertz CT molecular complexity index is 791. The van der Waals surface area contributed by atoms with Gasteiger partial charge in [0, 0.05) is 17.5 Å². The molecule has 0 spiro atoms. The van der Waals surface area contributed by atoms with E-state index in [1.54, 1.807) is 36.4 Å². The van der Waals surface area contributed by atoms with E-state index in [0.29, 0.717) is 11.4 Å². The molecule has 0 saturated heterocycles. The zero-order valence-electron chi connectivity index (χ0n) is 11.7. The predicted octanol–water partition coefficient (Wildman–Crippen LogP) is 3.08. The third kappa shape index (κ3) is 3.33. The fourth-order valence-corrected chi connectivity index (χ4v) is 1.71. The van der Waals surface area contributed by atoms with Gasteiger partial charge in [-0.25, -0.2) is 4.79 Å². The van der Waals surface area contributed by atoms with E-state index in [1.807, 2.05) is 6.07 Å². The second kappa shape index (κ2) is 6.78. The quantitative estimate of drug-likeness (QED) is 0.687. The van der Waals surface area contributed by atoms with Gasteiger partial charge in [0.1, 0.15) is 23.5 Å². The van der Waals surface area contributed by atoms with Gasteiger partial charge in [0.15, 0.2) is 0 Å². The van der Waals surface area contributed by atoms with Crippen molar-refractivity contribution >= 4 is 11.7 Å². The highest BCUT2D eigenvalue weighted by Crippen LogP contribution is 2.25. The summed E-state index contributed by atoms with van der Waals surface area (Å²) < 4.78 is 10.0. The predicted molar refractivity (Wildman–Crippen MR) is 78.4 cm³/mol. The lowest BCUT2D eigenvalue weighted by molar-refractivity contribution is 0.0566. The van der Waals surface area contributed by atoms with Crippen molar-refractivity contribution in [3.63, 3.8) is 0 Å². The van der Waals surface area contributed by atoms with Gasteiger partial charge in [-0.2, -0.15) is 10.5 Å². The Balaban J connectivity index is 2.24. The summed E-state index contributed by atoms with van der Waals surface area (Å²) in [6.45, 7) is 0. The second-order valence-electron chi connectivity index (χ2n) is 4.16. The number of methoxy groups -OCH3 is 1. The molecule has 0 aliphatic carbocycles. The van der Waals surface area contributed by atoms with E-state index >= 15 is 0 Å². The zero-order chi connectivity index (χ0) is 15.9. The summed E-state index contributed by atoms with van der Waals surface area (Å²) in [4.78, 5) is 11.4. The molecule has 0 aliphatic rings. The SMILES string of the molecule is COC(=O)c1ccc(-c2cccc(NC=C(C#N)C#N)c2)o1. The van der Waals surface area contributed by atoms with Crippen LogP contribution in [0.15, 0.2) is 52.6 Å². The fraction of sp³-hybridized carbons (Fsp3) is 0.0625. The van der Waals surface area contributed by atoms with Crippen LogP contribution in [-0.4, -0.2) is 13.1 Å². The number of nitriles is 2. The molecule has 0 radical (unpaired) electrons. The summed E-state index contributed by atoms with van der Waals surface area (Å²) in [6.07, 6.45) is 1.32. The van der Waals surface area contributed by atoms with Crippen molar-refractivity contribution in [3.05, 3.63) is 53.9 Å². The van der Waals surface area contributed by atoms with Gasteiger partial charge in [0.25, 0.3) is 0 Å². The Labute approximate surface area is 126 Å². The number of esters is 1. The lowest BCUT2D eigenvalue weighted by Crippen LogP contribution is -1.98. The van der Waals surface area contributed by atoms with Crippen LogP contribution in [-0.2, 0) is 4.74 Å². The number of benzene rings is 1. The maximum atomic E-state index is 11.4. The van der Waals surface area contributed by atoms with E-state index < -0.39 is 5.97 Å². The van der Waals surface area contributed by atoms with Crippen molar-refractivity contribution in [3.8, 4) is 23.5 Å². The Morgan fingerprint density at radius 3 is 2.73 bits per heavy atom. The molecule has 1 N–H and O–H groups in total. The number of hydrogen-bond acceptors (Lipinski definition) is 6. The summed E-state index contributed by atoms with van der Waals surface area (Å²) in [6, 6.07) is 13.8. The normalized spacial score (nSPS) is 9.23. The molecule has 0 atom stereocenters. The average molecular weight is 293 g/mol. The van der Waals surface area contributed by atoms with E-state index in [1.165, 1.54) is 19.4 Å². The molecule has 2 rings (SSSR count). The third-order valence-electron chi connectivity index (χ3n) is 2.76. The van der Waals surface area contributed by atoms with Crippen LogP contribution in [0.4, 0.5) is 5.69 Å². The lowest BCUT2D eigenvalue weighted by Gasteiger charge is -2.03. The van der Waals surface area contributed by atoms with Crippen molar-refractivity contribution in [1.29, 1.82) is 10.5 Å². The Morgan fingerprint density at radius 2 is 2.05 bits per heavy atom. The molecular weight excluding hydrogens is 282 g/mol. The number of furan rings is 1. The number of rotatable bonds is 4. The minimum Gasteiger partial charge on any atom is -0.463 e. The highest BCUT2D eigenvalue weighted by molar-refractivity contribution is 5.87. The molecule has 0 bridgehead atoms. The molecular formula is C16H11N3O3. The summed E-state index contributed by atoms with van der Waals surface area (Å²) in [7, 11) is 1.28. The molecule has 0 amide bonds. The highest BCUT2D eigenvalue weighted by atomic mass is 16.5. The smallest absolute Gasteiger partial charge is 0.373 e. The van der Waals surface area contributed by atoms with Crippen molar-refractivity contribution in [1.82, 2.24) is 0 Å². The number of nitrogens with zero attached hydrogens (tertiary/aromatic N) is 2. The molecule has 2 aromatic rings. The number of nitrogens with one attached hydrogen (secondary N) is 1. The standard InChI is InChI=1S/C16H11N3O3/c1-21-16(20)15-6-5-14(22-15)12-3-2-4-13(7-12)19-10-11(8-17)9-18/h2-7,10,19H,1H3. The molecule has 6 nitrogen and oxygen atoms in total. The van der Waals surface area contributed by atoms with Gasteiger partial charge in [0.05, 0.1) is 7.11 Å². The maximum absolute atomic E-state index is 11.4. The maximum Gasteiger partial charge on any atom is 0.373 e. The molecule has 1 heterocycles. The Morgan fingerprint density at radius 1 is 1.27 bits per heavy atom. The van der Waals surface area contributed by atoms with Crippen LogP contribution in [0.2, 0.25) is 0 Å². The van der Waals surface area contributed by atoms with Crippen LogP contribution >= 0.6 is 0 Å². The van der Waals surface area contributed by atoms with Crippen LogP contribution in [0.25, 0.3) is 11.3 Å². The first-order valence-corrected chi connectivity index (χ1v) is 6.23. The van der Waals surface area contributed by atoms with E-state index in [0.717, 1.165) is 5.56 Å². The van der Waals surface area contributed by atoms with Gasteiger partial charge in [-0.15, -0.1) is 0 Å². The second-order valence-corrected chi connectivity index (χ2v) is 4.16. The van der Waals surface area contributed by atoms with Crippen LogP contribution in [0.1, 0.15) is 10.6 Å². The zero-order valence-corrected chi connectivity index (χ0v) is 11.7. The van der Waals surface area contributed by atoms with Crippen molar-refractivity contribution in [2.24, 2.45) is 0 Å². The first-order chi connectivity index (χ1) is 10.7. The van der Waals surface area contributed by atoms with Crippen molar-refractivity contribution < 1.29 is 13.9 Å². The fourth-order valence-electron chi connectivity index (χ4n) is 1.71. The number of ether oxygens (including phenoxy) is 1. The summed E-state index contributed by atoms with van der Waals surface area (Å²) in [5.74, 6) is 0.0805. The largest absolute Gasteiger partial charge is 0.463 e. The summed E-state index contributed by atoms with van der Waals surface area (Å²) in [5, 5.41) is 20.2. The Hall–Kier alpha value is -3.51. The first-order valence-electron chi connectivity index (χ1n) is 6.23. The molecule has 0 unspecified atom stereocenters. The highest BCUT2D eigenvalue weighted by Gasteiger charge is 2.12. The summed E-state index contributed by atoms with van der Waals surface area (Å²) in [5.41, 5.74) is 1.39. The van der Waals surface area contributed by atoms with Gasteiger partial charge < -0.3 is 14.5 Å². The number of allylic oxidation sites excluding steroid dienone is 1. The van der Waals surface area contributed by atoms with Crippen LogP contribution in [0.5, 0.6) is 0 Å². The van der Waals surface area contributed by atoms with E-state index in [4.69, 9.17) is 14.9 Å². The van der Waals surface area contributed by atoms with Gasteiger partial charge in [0.2, 0.25) is 5.76 Å². The minimum atomic E-state index is -0.545. The molecule has 1 aromatic heterocycles. The van der Waals surface area contributed by atoms with E-state index in [-0.39, 0.29) is 11.3 Å². The minimum absolute atomic E-state index is 0.0311. The molecule has 0 fully saturated rings. The molecule has 22 heavy (non-hydrogen) atoms. The van der Waals surface area contributed by atoms with Crippen LogP contribution in [0.3, 0.4) is 0 Å². The molecule has 108 valence electrons. The van der Waals surface area contributed by atoms with Crippen molar-refractivity contribution in [2.75, 3.05) is 12.4 Å². The van der Waals surface area contributed by atoms with E-state index in [9.17, 15) is 4.79 Å². The van der Waals surface area contributed by atoms with Crippen molar-refractivity contribution in [2.45, 2.75) is 0 Å². The van der Waals surface area contributed by atoms with E-state index in [2.05, 4.69) is 10.1 Å². The molecule has 0 aliphatic heterocycles. The number of carbonyl (C=O) groups excluding carboxylic acids is 1. The van der Waals surface area contributed by atoms with Gasteiger partial charge >= 0.3 is 5.97 Å². The molecule has 0 saturated carbocycles. The molecule has 6 heteroatoms. The van der Waals surface area contributed by atoms with Gasteiger partial charge in [-0.05, 0) is 24.3 Å². The topological polar surface area (TPSA) is 99.0 Å². The Kier molecular flexibility index (Phi) is 4.59. The number of hydrogen-bond donors (Lipinski definition) is 1. The van der Waals surface area contributed by atoms with Crippen LogP contribution < -0.4 is 5.32 Å². The van der Waals surface area contributed by atoms with Gasteiger partial charge in [-0.1, -0.05) is 12.1 Å². The summed E-state index contributed by atoms with van der Waals surface area (Å²) >= 11 is 0. The number of carbonyl (C=O) groups is 1. The monoisotopic (exact) mass is 293 g/mol.